The second-order valence-electron chi connectivity index (χ2n) is 13.1. The Kier molecular flexibility index (Phi) is 9.16. The van der Waals surface area contributed by atoms with Crippen molar-refractivity contribution >= 4 is 57.5 Å². The number of phenols is 1. The van der Waals surface area contributed by atoms with Gasteiger partial charge in [-0.1, -0.05) is 23.7 Å². The molecule has 0 amide bonds. The van der Waals surface area contributed by atoms with Crippen LogP contribution in [-0.2, 0) is 0 Å². The van der Waals surface area contributed by atoms with Crippen LogP contribution in [0.2, 0.25) is 5.15 Å². The molecule has 0 aliphatic carbocycles. The third-order valence-corrected chi connectivity index (χ3v) is 9.72. The van der Waals surface area contributed by atoms with Crippen LogP contribution in [0.3, 0.4) is 0 Å². The maximum atomic E-state index is 9.57. The molecule has 6 aromatic heterocycles. The lowest BCUT2D eigenvalue weighted by atomic mass is 10.1. The molecule has 1 aromatic carbocycles. The number of pyridine rings is 2. The molecule has 9 rings (SSSR count). The van der Waals surface area contributed by atoms with Crippen LogP contribution in [-0.4, -0.2) is 69.4 Å². The average Bonchev–Trinajstić information content (AvgIpc) is 3.97. The SMILES string of the molecule is CC1CCCN1c1cccc(Nc2cc(-c3ccc(O)cc3)nn3ccnc23)n1.CC1CCCN1c1cccc(Nc2cc(Cl)nn3ccnc23)n1. The standard InChI is InChI=1S/C22H22N6O.C16H17ClN6/c1-15-4-3-12-27(15)21-6-2-5-20(25-21)24-19-14-18(16-7-9-17(29)10-8-16)26-28-13-11-23-22(19)28;1-11-4-3-8-22(11)15-6-2-5-14(20-15)19-12-10-13(17)21-23-9-7-18-16(12)23/h2,5-11,13-15,29H,3-4,12H2,1H3,(H,24,25);2,5-7,9-11H,3-4,8H2,1H3,(H,19,20). The van der Waals surface area contributed by atoms with Gasteiger partial charge in [-0.15, -0.1) is 0 Å². The molecule has 2 aliphatic rings. The van der Waals surface area contributed by atoms with E-state index in [2.05, 4.69) is 66.6 Å². The molecule has 2 atom stereocenters. The summed E-state index contributed by atoms with van der Waals surface area (Å²) in [6.07, 6.45) is 11.8. The molecule has 2 saturated heterocycles. The van der Waals surface area contributed by atoms with E-state index < -0.39 is 0 Å². The smallest absolute Gasteiger partial charge is 0.177 e. The zero-order chi connectivity index (χ0) is 35.6. The number of benzene rings is 1. The highest BCUT2D eigenvalue weighted by atomic mass is 35.5. The lowest BCUT2D eigenvalue weighted by Crippen LogP contribution is -2.27. The first-order valence-corrected chi connectivity index (χ1v) is 17.9. The first kappa shape index (κ1) is 33.2. The number of imidazole rings is 2. The van der Waals surface area contributed by atoms with Crippen LogP contribution < -0.4 is 20.4 Å². The van der Waals surface area contributed by atoms with Gasteiger partial charge in [0.05, 0.1) is 17.1 Å². The van der Waals surface area contributed by atoms with Crippen molar-refractivity contribution in [3.63, 3.8) is 0 Å². The predicted molar refractivity (Wildman–Crippen MR) is 205 cm³/mol. The van der Waals surface area contributed by atoms with Gasteiger partial charge in [-0.05, 0) is 94.1 Å². The fraction of sp³-hybridized carbons (Fsp3) is 0.263. The van der Waals surface area contributed by atoms with Crippen molar-refractivity contribution in [2.75, 3.05) is 33.5 Å². The van der Waals surface area contributed by atoms with Crippen molar-refractivity contribution < 1.29 is 5.11 Å². The maximum Gasteiger partial charge on any atom is 0.177 e. The zero-order valence-electron chi connectivity index (χ0n) is 28.9. The van der Waals surface area contributed by atoms with E-state index in [1.165, 1.54) is 25.7 Å². The number of anilines is 6. The molecule has 2 fully saturated rings. The van der Waals surface area contributed by atoms with E-state index in [1.54, 1.807) is 45.8 Å². The van der Waals surface area contributed by atoms with Crippen molar-refractivity contribution in [3.05, 3.63) is 103 Å². The summed E-state index contributed by atoms with van der Waals surface area (Å²) in [5.74, 6) is 3.77. The summed E-state index contributed by atoms with van der Waals surface area (Å²) in [5, 5.41) is 25.5. The summed E-state index contributed by atoms with van der Waals surface area (Å²) in [5.41, 5.74) is 4.75. The number of aromatic nitrogens is 8. The van der Waals surface area contributed by atoms with E-state index in [1.807, 2.05) is 48.7 Å². The monoisotopic (exact) mass is 714 g/mol. The first-order valence-electron chi connectivity index (χ1n) is 17.5. The zero-order valence-corrected chi connectivity index (χ0v) is 29.7. The number of aromatic hydroxyl groups is 1. The Morgan fingerprint density at radius 3 is 1.77 bits per heavy atom. The Labute approximate surface area is 306 Å². The van der Waals surface area contributed by atoms with Crippen LogP contribution >= 0.6 is 11.6 Å². The summed E-state index contributed by atoms with van der Waals surface area (Å²) in [6, 6.07) is 23.8. The Morgan fingerprint density at radius 2 is 1.23 bits per heavy atom. The fourth-order valence-corrected chi connectivity index (χ4v) is 7.08. The Morgan fingerprint density at radius 1 is 0.692 bits per heavy atom. The van der Waals surface area contributed by atoms with Gasteiger partial charge in [-0.3, -0.25) is 0 Å². The molecular formula is C38H39ClN12O. The lowest BCUT2D eigenvalue weighted by molar-refractivity contribution is 0.475. The van der Waals surface area contributed by atoms with Crippen molar-refractivity contribution in [1.82, 2.24) is 39.2 Å². The molecule has 3 N–H and O–H groups in total. The Balaban J connectivity index is 0.000000153. The van der Waals surface area contributed by atoms with E-state index in [0.29, 0.717) is 17.2 Å². The molecule has 7 aromatic rings. The predicted octanol–water partition coefficient (Wildman–Crippen LogP) is 7.74. The van der Waals surface area contributed by atoms with Gasteiger partial charge < -0.3 is 25.5 Å². The van der Waals surface area contributed by atoms with Gasteiger partial charge in [0.25, 0.3) is 0 Å². The second kappa shape index (κ2) is 14.3. The number of hydrogen-bond acceptors (Lipinski definition) is 11. The summed E-state index contributed by atoms with van der Waals surface area (Å²) in [6.45, 7) is 6.59. The van der Waals surface area contributed by atoms with Gasteiger partial charge in [0, 0.05) is 61.6 Å². The summed E-state index contributed by atoms with van der Waals surface area (Å²) in [4.78, 5) is 23.0. The van der Waals surface area contributed by atoms with E-state index >= 15 is 0 Å². The molecule has 8 heterocycles. The van der Waals surface area contributed by atoms with E-state index in [-0.39, 0.29) is 5.75 Å². The van der Waals surface area contributed by atoms with Crippen LogP contribution in [0.1, 0.15) is 39.5 Å². The van der Waals surface area contributed by atoms with Gasteiger partial charge in [0.15, 0.2) is 16.4 Å². The normalized spacial score (nSPS) is 17.1. The Hall–Kier alpha value is -5.95. The number of rotatable bonds is 7. The molecule has 0 spiro atoms. The second-order valence-corrected chi connectivity index (χ2v) is 13.5. The minimum absolute atomic E-state index is 0.230. The molecule has 0 radical (unpaired) electrons. The minimum atomic E-state index is 0.230. The number of halogens is 1. The van der Waals surface area contributed by atoms with E-state index in [0.717, 1.165) is 70.3 Å². The number of nitrogens with one attached hydrogen (secondary N) is 2. The molecule has 14 heteroatoms. The summed E-state index contributed by atoms with van der Waals surface area (Å²) >= 11 is 6.07. The number of fused-ring (bicyclic) bond motifs is 2. The topological polar surface area (TPSA) is 137 Å². The maximum absolute atomic E-state index is 9.57. The number of nitrogens with zero attached hydrogens (tertiary/aromatic N) is 10. The third kappa shape index (κ3) is 6.99. The van der Waals surface area contributed by atoms with Gasteiger partial charge in [0.1, 0.15) is 29.0 Å². The number of hydrogen-bond donors (Lipinski definition) is 3. The molecule has 52 heavy (non-hydrogen) atoms. The largest absolute Gasteiger partial charge is 0.508 e. The van der Waals surface area contributed by atoms with Gasteiger partial charge in [0.2, 0.25) is 0 Å². The highest BCUT2D eigenvalue weighted by molar-refractivity contribution is 6.29. The number of phenolic OH excluding ortho intramolecular Hbond substituents is 1. The summed E-state index contributed by atoms with van der Waals surface area (Å²) < 4.78 is 3.40. The average molecular weight is 715 g/mol. The van der Waals surface area contributed by atoms with Crippen molar-refractivity contribution in [2.45, 2.75) is 51.6 Å². The molecule has 0 bridgehead atoms. The van der Waals surface area contributed by atoms with Crippen molar-refractivity contribution in [1.29, 1.82) is 0 Å². The minimum Gasteiger partial charge on any atom is -0.508 e. The quantitative estimate of drug-likeness (QED) is 0.150. The van der Waals surface area contributed by atoms with Gasteiger partial charge >= 0.3 is 0 Å². The molecular weight excluding hydrogens is 676 g/mol. The third-order valence-electron chi connectivity index (χ3n) is 9.54. The molecule has 2 unspecified atom stereocenters. The van der Waals surface area contributed by atoms with Crippen molar-refractivity contribution in [3.8, 4) is 17.0 Å². The van der Waals surface area contributed by atoms with E-state index in [9.17, 15) is 5.11 Å². The van der Waals surface area contributed by atoms with Crippen LogP contribution in [0.4, 0.5) is 34.6 Å². The molecule has 2 aliphatic heterocycles. The fourth-order valence-electron chi connectivity index (χ4n) is 6.89. The highest BCUT2D eigenvalue weighted by Crippen LogP contribution is 2.30. The lowest BCUT2D eigenvalue weighted by Gasteiger charge is -2.23. The Bertz CT molecular complexity index is 2320. The highest BCUT2D eigenvalue weighted by Gasteiger charge is 2.23. The van der Waals surface area contributed by atoms with Gasteiger partial charge in [-0.2, -0.15) is 10.2 Å². The molecule has 264 valence electrons. The van der Waals surface area contributed by atoms with Crippen LogP contribution in [0.25, 0.3) is 22.6 Å². The van der Waals surface area contributed by atoms with Crippen molar-refractivity contribution in [2.24, 2.45) is 0 Å². The molecule has 13 nitrogen and oxygen atoms in total. The summed E-state index contributed by atoms with van der Waals surface area (Å²) in [7, 11) is 0. The molecule has 0 saturated carbocycles. The van der Waals surface area contributed by atoms with Crippen LogP contribution in [0.5, 0.6) is 5.75 Å². The van der Waals surface area contributed by atoms with Gasteiger partial charge in [-0.25, -0.2) is 29.0 Å². The van der Waals surface area contributed by atoms with Crippen LogP contribution in [0, 0.1) is 0 Å². The first-order chi connectivity index (χ1) is 25.4. The van der Waals surface area contributed by atoms with E-state index in [4.69, 9.17) is 21.6 Å². The van der Waals surface area contributed by atoms with Crippen LogP contribution in [0.15, 0.2) is 97.6 Å².